The van der Waals surface area contributed by atoms with Crippen molar-refractivity contribution in [2.24, 2.45) is 0 Å². The Morgan fingerprint density at radius 2 is 1.69 bits per heavy atom. The van der Waals surface area contributed by atoms with Crippen molar-refractivity contribution in [2.75, 3.05) is 0 Å². The SMILES string of the molecule is C=CS(=O)(=O)C(C)(CC)CCCCCCC. The lowest BCUT2D eigenvalue weighted by molar-refractivity contribution is 0.472. The van der Waals surface area contributed by atoms with Crippen LogP contribution in [0.4, 0.5) is 0 Å². The van der Waals surface area contributed by atoms with Crippen LogP contribution in [0.3, 0.4) is 0 Å². The molecule has 3 heteroatoms. The number of rotatable bonds is 9. The molecule has 0 heterocycles. The molecule has 0 saturated heterocycles. The van der Waals surface area contributed by atoms with Gasteiger partial charge in [0.05, 0.1) is 4.75 Å². The third kappa shape index (κ3) is 4.28. The normalized spacial score (nSPS) is 15.7. The van der Waals surface area contributed by atoms with Crippen LogP contribution >= 0.6 is 0 Å². The lowest BCUT2D eigenvalue weighted by Gasteiger charge is -2.26. The summed E-state index contributed by atoms with van der Waals surface area (Å²) in [5.74, 6) is 0. The molecule has 0 aliphatic carbocycles. The predicted molar refractivity (Wildman–Crippen MR) is 71.2 cm³/mol. The van der Waals surface area contributed by atoms with Gasteiger partial charge in [-0.1, -0.05) is 52.5 Å². The van der Waals surface area contributed by atoms with Gasteiger partial charge in [0.2, 0.25) is 0 Å². The molecule has 0 aliphatic rings. The minimum absolute atomic E-state index is 0.610. The summed E-state index contributed by atoms with van der Waals surface area (Å²) < 4.78 is 23.1. The van der Waals surface area contributed by atoms with Crippen LogP contribution in [-0.2, 0) is 9.84 Å². The van der Waals surface area contributed by atoms with Gasteiger partial charge in [-0.25, -0.2) is 8.42 Å². The van der Waals surface area contributed by atoms with E-state index in [0.29, 0.717) is 6.42 Å². The standard InChI is InChI=1S/C13H26O2S/c1-5-8-9-10-11-12-13(4,6-2)16(14,15)7-3/h7H,3,5-6,8-12H2,1-2,4H3. The van der Waals surface area contributed by atoms with E-state index in [0.717, 1.165) is 24.7 Å². The molecular formula is C13H26O2S. The zero-order chi connectivity index (χ0) is 12.7. The van der Waals surface area contributed by atoms with Crippen LogP contribution in [0.15, 0.2) is 12.0 Å². The fourth-order valence-electron chi connectivity index (χ4n) is 1.82. The van der Waals surface area contributed by atoms with Gasteiger partial charge in [-0.2, -0.15) is 0 Å². The third-order valence-electron chi connectivity index (χ3n) is 3.46. The highest BCUT2D eigenvalue weighted by molar-refractivity contribution is 7.95. The molecule has 0 aromatic rings. The van der Waals surface area contributed by atoms with E-state index in [-0.39, 0.29) is 0 Å². The zero-order valence-electron chi connectivity index (χ0n) is 11.0. The number of hydrogen-bond donors (Lipinski definition) is 0. The molecule has 96 valence electrons. The Labute approximate surface area is 101 Å². The van der Waals surface area contributed by atoms with Gasteiger partial charge < -0.3 is 0 Å². The molecule has 0 bridgehead atoms. The quantitative estimate of drug-likeness (QED) is 0.575. The highest BCUT2D eigenvalue weighted by Gasteiger charge is 2.34. The monoisotopic (exact) mass is 246 g/mol. The average molecular weight is 246 g/mol. The minimum atomic E-state index is -3.14. The van der Waals surface area contributed by atoms with Gasteiger partial charge in [-0.3, -0.25) is 0 Å². The summed E-state index contributed by atoms with van der Waals surface area (Å²) in [4.78, 5) is 0. The van der Waals surface area contributed by atoms with Gasteiger partial charge in [0.15, 0.2) is 9.84 Å². The maximum atomic E-state index is 11.9. The molecule has 0 aliphatic heterocycles. The van der Waals surface area contributed by atoms with E-state index < -0.39 is 14.6 Å². The molecule has 0 fully saturated rings. The Bertz CT molecular complexity index is 293. The first kappa shape index (κ1) is 15.7. The maximum Gasteiger partial charge on any atom is 0.176 e. The van der Waals surface area contributed by atoms with E-state index in [1.165, 1.54) is 19.3 Å². The van der Waals surface area contributed by atoms with Crippen molar-refractivity contribution in [3.63, 3.8) is 0 Å². The van der Waals surface area contributed by atoms with E-state index in [4.69, 9.17) is 0 Å². The minimum Gasteiger partial charge on any atom is -0.224 e. The van der Waals surface area contributed by atoms with Crippen molar-refractivity contribution in [3.8, 4) is 0 Å². The lowest BCUT2D eigenvalue weighted by Crippen LogP contribution is -2.33. The molecule has 0 N–H and O–H groups in total. The summed E-state index contributed by atoms with van der Waals surface area (Å²) in [6.07, 6.45) is 7.22. The Morgan fingerprint density at radius 3 is 2.12 bits per heavy atom. The van der Waals surface area contributed by atoms with Crippen LogP contribution in [-0.4, -0.2) is 13.2 Å². The van der Waals surface area contributed by atoms with Crippen LogP contribution in [0, 0.1) is 0 Å². The smallest absolute Gasteiger partial charge is 0.176 e. The van der Waals surface area contributed by atoms with Gasteiger partial charge in [0.25, 0.3) is 0 Å². The molecule has 2 nitrogen and oxygen atoms in total. The maximum absolute atomic E-state index is 11.9. The molecule has 0 aromatic heterocycles. The molecule has 0 radical (unpaired) electrons. The van der Waals surface area contributed by atoms with Crippen LogP contribution in [0.1, 0.15) is 65.7 Å². The van der Waals surface area contributed by atoms with E-state index in [9.17, 15) is 8.42 Å². The molecule has 0 rings (SSSR count). The molecule has 16 heavy (non-hydrogen) atoms. The zero-order valence-corrected chi connectivity index (χ0v) is 11.8. The third-order valence-corrected chi connectivity index (χ3v) is 5.77. The Morgan fingerprint density at radius 1 is 1.12 bits per heavy atom. The highest BCUT2D eigenvalue weighted by Crippen LogP contribution is 2.29. The Balaban J connectivity index is 4.24. The van der Waals surface area contributed by atoms with Gasteiger partial charge in [0.1, 0.15) is 0 Å². The molecule has 0 aromatic carbocycles. The second kappa shape index (κ2) is 7.10. The summed E-state index contributed by atoms with van der Waals surface area (Å²) in [6.45, 7) is 9.37. The molecule has 0 spiro atoms. The first-order valence-electron chi connectivity index (χ1n) is 6.30. The summed E-state index contributed by atoms with van der Waals surface area (Å²) in [7, 11) is -3.14. The summed E-state index contributed by atoms with van der Waals surface area (Å²) in [5, 5.41) is 1.11. The van der Waals surface area contributed by atoms with Crippen molar-refractivity contribution in [1.82, 2.24) is 0 Å². The molecule has 0 saturated carbocycles. The second-order valence-electron chi connectivity index (χ2n) is 4.68. The molecular weight excluding hydrogens is 220 g/mol. The number of sulfone groups is 1. The fourth-order valence-corrected chi connectivity index (χ4v) is 3.06. The van der Waals surface area contributed by atoms with E-state index in [1.807, 2.05) is 13.8 Å². The van der Waals surface area contributed by atoms with Crippen molar-refractivity contribution >= 4 is 9.84 Å². The van der Waals surface area contributed by atoms with Crippen molar-refractivity contribution in [1.29, 1.82) is 0 Å². The van der Waals surface area contributed by atoms with Gasteiger partial charge >= 0.3 is 0 Å². The van der Waals surface area contributed by atoms with Crippen molar-refractivity contribution < 1.29 is 8.42 Å². The van der Waals surface area contributed by atoms with E-state index in [1.54, 1.807) is 0 Å². The van der Waals surface area contributed by atoms with Crippen molar-refractivity contribution in [3.05, 3.63) is 12.0 Å². The average Bonchev–Trinajstić information content (AvgIpc) is 2.28. The lowest BCUT2D eigenvalue weighted by atomic mass is 9.99. The topological polar surface area (TPSA) is 34.1 Å². The van der Waals surface area contributed by atoms with Crippen LogP contribution in [0.5, 0.6) is 0 Å². The van der Waals surface area contributed by atoms with Gasteiger partial charge in [-0.05, 0) is 19.8 Å². The van der Waals surface area contributed by atoms with E-state index in [2.05, 4.69) is 13.5 Å². The van der Waals surface area contributed by atoms with Crippen molar-refractivity contribution in [2.45, 2.75) is 70.5 Å². The van der Waals surface area contributed by atoms with Gasteiger partial charge in [-0.15, -0.1) is 0 Å². The summed E-state index contributed by atoms with van der Waals surface area (Å²) in [5.41, 5.74) is 0. The van der Waals surface area contributed by atoms with Crippen LogP contribution < -0.4 is 0 Å². The largest absolute Gasteiger partial charge is 0.224 e. The summed E-state index contributed by atoms with van der Waals surface area (Å²) >= 11 is 0. The molecule has 1 atom stereocenters. The van der Waals surface area contributed by atoms with Crippen LogP contribution in [0.2, 0.25) is 0 Å². The number of unbranched alkanes of at least 4 members (excludes halogenated alkanes) is 4. The van der Waals surface area contributed by atoms with E-state index >= 15 is 0 Å². The Kier molecular flexibility index (Phi) is 6.96. The summed E-state index contributed by atoms with van der Waals surface area (Å²) in [6, 6.07) is 0. The fraction of sp³-hybridized carbons (Fsp3) is 0.846. The Hall–Kier alpha value is -0.310. The number of hydrogen-bond acceptors (Lipinski definition) is 2. The predicted octanol–water partition coefficient (Wildman–Crippen LogP) is 4.07. The highest BCUT2D eigenvalue weighted by atomic mass is 32.2. The molecule has 0 amide bonds. The molecule has 1 unspecified atom stereocenters. The first-order valence-corrected chi connectivity index (χ1v) is 7.85. The second-order valence-corrected chi connectivity index (χ2v) is 7.09. The van der Waals surface area contributed by atoms with Crippen LogP contribution in [0.25, 0.3) is 0 Å². The first-order chi connectivity index (χ1) is 7.43. The van der Waals surface area contributed by atoms with Gasteiger partial charge in [0, 0.05) is 5.41 Å².